The van der Waals surface area contributed by atoms with Gasteiger partial charge < -0.3 is 4.90 Å². The number of amides is 1. The Hall–Kier alpha value is -2.97. The van der Waals surface area contributed by atoms with Crippen molar-refractivity contribution in [2.75, 3.05) is 17.2 Å². The largest absolute Gasteiger partial charge is 0.311 e. The molecule has 0 N–H and O–H groups in total. The number of halogens is 1. The average Bonchev–Trinajstić information content (AvgIpc) is 3.22. The molecule has 0 spiro atoms. The molecule has 0 fully saturated rings. The van der Waals surface area contributed by atoms with Gasteiger partial charge in [-0.25, -0.2) is 14.6 Å². The first kappa shape index (κ1) is 20.0. The highest BCUT2D eigenvalue weighted by molar-refractivity contribution is 8.00. The molecule has 0 saturated heterocycles. The monoisotopic (exact) mass is 450 g/mol. The third-order valence-electron chi connectivity index (χ3n) is 5.26. The van der Waals surface area contributed by atoms with Crippen LogP contribution in [0.3, 0.4) is 0 Å². The quantitative estimate of drug-likeness (QED) is 0.338. The zero-order valence-electron chi connectivity index (χ0n) is 16.6. The molecule has 0 atom stereocenters. The maximum atomic E-state index is 13.0. The fraction of sp³-hybridized carbons (Fsp3) is 0.227. The van der Waals surface area contributed by atoms with Crippen LogP contribution < -0.4 is 4.90 Å². The number of thioether (sulfide) groups is 1. The Morgan fingerprint density at radius 3 is 2.81 bits per heavy atom. The summed E-state index contributed by atoms with van der Waals surface area (Å²) < 4.78 is 1.73. The van der Waals surface area contributed by atoms with Gasteiger partial charge >= 0.3 is 0 Å². The van der Waals surface area contributed by atoms with E-state index in [2.05, 4.69) is 26.3 Å². The van der Waals surface area contributed by atoms with Gasteiger partial charge in [-0.05, 0) is 42.2 Å². The second-order valence-corrected chi connectivity index (χ2v) is 8.69. The van der Waals surface area contributed by atoms with Gasteiger partial charge in [-0.15, -0.1) is 5.10 Å². The number of aromatic nitrogens is 5. The molecule has 2 aromatic carbocycles. The second kappa shape index (κ2) is 8.64. The number of nitrogens with zero attached hydrogens (tertiary/aromatic N) is 6. The van der Waals surface area contributed by atoms with Gasteiger partial charge in [0.25, 0.3) is 0 Å². The van der Waals surface area contributed by atoms with Crippen LogP contribution in [0.2, 0.25) is 5.02 Å². The SMILES string of the molecule is O=C(CSc1ncnc2c1nnn2Cc1ccc(Cl)cc1)N1CCCc2ccccc21. The molecule has 9 heteroatoms. The molecule has 4 aromatic rings. The summed E-state index contributed by atoms with van der Waals surface area (Å²) in [5.74, 6) is 0.349. The van der Waals surface area contributed by atoms with Crippen molar-refractivity contribution >= 4 is 46.1 Å². The maximum Gasteiger partial charge on any atom is 0.237 e. The zero-order chi connectivity index (χ0) is 21.2. The van der Waals surface area contributed by atoms with E-state index in [0.29, 0.717) is 27.8 Å². The number of fused-ring (bicyclic) bond motifs is 2. The molecule has 1 amide bonds. The van der Waals surface area contributed by atoms with Crippen molar-refractivity contribution in [1.82, 2.24) is 25.0 Å². The number of carbonyl (C=O) groups excluding carboxylic acids is 1. The lowest BCUT2D eigenvalue weighted by molar-refractivity contribution is -0.116. The Kier molecular flexibility index (Phi) is 5.57. The molecule has 2 aromatic heterocycles. The van der Waals surface area contributed by atoms with Crippen molar-refractivity contribution in [3.05, 3.63) is 71.0 Å². The van der Waals surface area contributed by atoms with Gasteiger partial charge in [0.05, 0.1) is 12.3 Å². The fourth-order valence-corrected chi connectivity index (χ4v) is 4.68. The van der Waals surface area contributed by atoms with Gasteiger partial charge in [0, 0.05) is 17.3 Å². The summed E-state index contributed by atoms with van der Waals surface area (Å²) in [6.45, 7) is 1.27. The number of anilines is 1. The Bertz CT molecular complexity index is 1240. The zero-order valence-corrected chi connectivity index (χ0v) is 18.2. The van der Waals surface area contributed by atoms with Crippen molar-refractivity contribution in [2.45, 2.75) is 24.4 Å². The van der Waals surface area contributed by atoms with E-state index >= 15 is 0 Å². The predicted molar refractivity (Wildman–Crippen MR) is 122 cm³/mol. The lowest BCUT2D eigenvalue weighted by Gasteiger charge is -2.29. The Morgan fingerprint density at radius 2 is 1.94 bits per heavy atom. The van der Waals surface area contributed by atoms with Gasteiger partial charge in [-0.1, -0.05) is 58.9 Å². The van der Waals surface area contributed by atoms with Crippen LogP contribution in [0.4, 0.5) is 5.69 Å². The van der Waals surface area contributed by atoms with E-state index < -0.39 is 0 Å². The lowest BCUT2D eigenvalue weighted by atomic mass is 10.0. The maximum absolute atomic E-state index is 13.0. The summed E-state index contributed by atoms with van der Waals surface area (Å²) in [4.78, 5) is 23.5. The summed E-state index contributed by atoms with van der Waals surface area (Å²) in [6, 6.07) is 15.7. The van der Waals surface area contributed by atoms with Crippen LogP contribution in [0, 0.1) is 0 Å². The van der Waals surface area contributed by atoms with E-state index in [4.69, 9.17) is 11.6 Å². The van der Waals surface area contributed by atoms with Crippen molar-refractivity contribution in [3.8, 4) is 0 Å². The van der Waals surface area contributed by atoms with Crippen LogP contribution in [0.5, 0.6) is 0 Å². The molecule has 1 aliphatic rings. The van der Waals surface area contributed by atoms with Crippen molar-refractivity contribution in [1.29, 1.82) is 0 Å². The van der Waals surface area contributed by atoms with Gasteiger partial charge in [-0.3, -0.25) is 4.79 Å². The van der Waals surface area contributed by atoms with Crippen molar-refractivity contribution in [2.24, 2.45) is 0 Å². The van der Waals surface area contributed by atoms with Gasteiger partial charge in [-0.2, -0.15) is 0 Å². The molecule has 7 nitrogen and oxygen atoms in total. The highest BCUT2D eigenvalue weighted by Gasteiger charge is 2.23. The number of benzene rings is 2. The van der Waals surface area contributed by atoms with Crippen LogP contribution in [-0.2, 0) is 17.8 Å². The average molecular weight is 451 g/mol. The Morgan fingerprint density at radius 1 is 1.10 bits per heavy atom. The van der Waals surface area contributed by atoms with E-state index in [-0.39, 0.29) is 11.7 Å². The van der Waals surface area contributed by atoms with E-state index in [9.17, 15) is 4.79 Å². The van der Waals surface area contributed by atoms with E-state index in [1.165, 1.54) is 23.7 Å². The first-order valence-corrected chi connectivity index (χ1v) is 11.3. The summed E-state index contributed by atoms with van der Waals surface area (Å²) in [6.07, 6.45) is 3.48. The predicted octanol–water partition coefficient (Wildman–Crippen LogP) is 3.99. The van der Waals surface area contributed by atoms with Gasteiger partial charge in [0.1, 0.15) is 11.4 Å². The summed E-state index contributed by atoms with van der Waals surface area (Å²) >= 11 is 7.34. The molecule has 3 heterocycles. The highest BCUT2D eigenvalue weighted by atomic mass is 35.5. The molecule has 31 heavy (non-hydrogen) atoms. The van der Waals surface area contributed by atoms with Crippen LogP contribution in [0.25, 0.3) is 11.2 Å². The summed E-state index contributed by atoms with van der Waals surface area (Å²) in [7, 11) is 0. The van der Waals surface area contributed by atoms with Crippen molar-refractivity contribution < 1.29 is 4.79 Å². The first-order chi connectivity index (χ1) is 15.2. The molecular weight excluding hydrogens is 432 g/mol. The van der Waals surface area contributed by atoms with Crippen molar-refractivity contribution in [3.63, 3.8) is 0 Å². The molecule has 1 aliphatic heterocycles. The highest BCUT2D eigenvalue weighted by Crippen LogP contribution is 2.29. The topological polar surface area (TPSA) is 76.8 Å². The minimum absolute atomic E-state index is 0.0671. The molecule has 0 aliphatic carbocycles. The standard InChI is InChI=1S/C22H19ClN6OS/c23-17-9-7-15(8-10-17)12-29-21-20(26-27-29)22(25-14-24-21)31-13-19(30)28-11-3-5-16-4-1-2-6-18(16)28/h1-2,4,6-10,14H,3,5,11-13H2. The number of carbonyl (C=O) groups is 1. The number of aryl methyl sites for hydroxylation is 1. The van der Waals surface area contributed by atoms with E-state index in [1.807, 2.05) is 47.4 Å². The van der Waals surface area contributed by atoms with Crippen LogP contribution in [0.15, 0.2) is 59.9 Å². The van der Waals surface area contributed by atoms with E-state index in [1.54, 1.807) is 4.68 Å². The molecule has 0 bridgehead atoms. The molecular formula is C22H19ClN6OS. The van der Waals surface area contributed by atoms with Crippen LogP contribution in [0.1, 0.15) is 17.5 Å². The molecule has 0 saturated carbocycles. The minimum Gasteiger partial charge on any atom is -0.311 e. The smallest absolute Gasteiger partial charge is 0.237 e. The number of hydrogen-bond donors (Lipinski definition) is 0. The summed E-state index contributed by atoms with van der Waals surface area (Å²) in [5, 5.41) is 9.87. The number of para-hydroxylation sites is 1. The number of rotatable bonds is 5. The molecule has 0 unspecified atom stereocenters. The number of hydrogen-bond acceptors (Lipinski definition) is 6. The molecule has 5 rings (SSSR count). The second-order valence-electron chi connectivity index (χ2n) is 7.29. The van der Waals surface area contributed by atoms with E-state index in [0.717, 1.165) is 30.6 Å². The van der Waals surface area contributed by atoms with Crippen LogP contribution >= 0.6 is 23.4 Å². The minimum atomic E-state index is 0.0671. The van der Waals surface area contributed by atoms with Gasteiger partial charge in [0.2, 0.25) is 5.91 Å². The normalized spacial score (nSPS) is 13.4. The lowest BCUT2D eigenvalue weighted by Crippen LogP contribution is -2.36. The molecule has 0 radical (unpaired) electrons. The van der Waals surface area contributed by atoms with Gasteiger partial charge in [0.15, 0.2) is 11.2 Å². The molecule has 156 valence electrons. The fourth-order valence-electron chi connectivity index (χ4n) is 3.75. The third-order valence-corrected chi connectivity index (χ3v) is 6.47. The third kappa shape index (κ3) is 4.13. The first-order valence-electron chi connectivity index (χ1n) is 9.99. The van der Waals surface area contributed by atoms with Crippen LogP contribution in [-0.4, -0.2) is 43.2 Å². The Labute approximate surface area is 188 Å². The Balaban J connectivity index is 1.33. The summed E-state index contributed by atoms with van der Waals surface area (Å²) in [5.41, 5.74) is 4.53.